The number of hydrogen-bond acceptors (Lipinski definition) is 6. The Morgan fingerprint density at radius 1 is 0.491 bits per heavy atom. The summed E-state index contributed by atoms with van der Waals surface area (Å²) in [6.45, 7) is 15.3. The van der Waals surface area contributed by atoms with Crippen molar-refractivity contribution in [2.75, 3.05) is 9.80 Å². The Morgan fingerprint density at radius 2 is 0.887 bits per heavy atom. The number of hydrogen-bond donors (Lipinski definition) is 0. The average Bonchev–Trinajstić information content (AvgIpc) is 3.77. The van der Waals surface area contributed by atoms with Gasteiger partial charge in [0.1, 0.15) is 0 Å². The van der Waals surface area contributed by atoms with Crippen molar-refractivity contribution in [1.29, 1.82) is 0 Å². The summed E-state index contributed by atoms with van der Waals surface area (Å²) in [4.78, 5) is 23.9. The zero-order chi connectivity index (χ0) is 36.5. The Bertz CT molecular complexity index is 2470. The summed E-state index contributed by atoms with van der Waals surface area (Å²) >= 11 is 0. The maximum Gasteiger partial charge on any atom is 0.202 e. The number of benzene rings is 5. The van der Waals surface area contributed by atoms with E-state index in [0.717, 1.165) is 28.2 Å². The molecule has 0 bridgehead atoms. The van der Waals surface area contributed by atoms with Crippen LogP contribution in [-0.4, -0.2) is 23.3 Å². The van der Waals surface area contributed by atoms with Gasteiger partial charge in [0.15, 0.2) is 11.7 Å². The average molecular weight is 689 g/mol. The molecular weight excluding hydrogens is 649 g/mol. The lowest BCUT2D eigenvalue weighted by Crippen LogP contribution is -2.32. The van der Waals surface area contributed by atoms with Crippen LogP contribution in [0.3, 0.4) is 0 Å². The number of anilines is 5. The molecule has 53 heavy (non-hydrogen) atoms. The van der Waals surface area contributed by atoms with Crippen LogP contribution in [0.25, 0.3) is 0 Å². The minimum absolute atomic E-state index is 0.0991. The van der Waals surface area contributed by atoms with Gasteiger partial charge in [0.05, 0.1) is 17.1 Å². The van der Waals surface area contributed by atoms with Gasteiger partial charge >= 0.3 is 0 Å². The lowest BCUT2D eigenvalue weighted by atomic mass is 9.73. The molecule has 0 aliphatic carbocycles. The van der Waals surface area contributed by atoms with Gasteiger partial charge in [-0.1, -0.05) is 101 Å². The molecule has 4 aliphatic heterocycles. The van der Waals surface area contributed by atoms with Crippen molar-refractivity contribution in [2.45, 2.75) is 45.4 Å². The summed E-state index contributed by atoms with van der Waals surface area (Å²) in [6, 6.07) is 42.9. The molecule has 0 saturated heterocycles. The van der Waals surface area contributed by atoms with Gasteiger partial charge in [-0.3, -0.25) is 0 Å². The third-order valence-electron chi connectivity index (χ3n) is 11.2. The van der Waals surface area contributed by atoms with Crippen LogP contribution in [0, 0.1) is 0 Å². The number of para-hydroxylation sites is 3. The normalized spacial score (nSPS) is 17.8. The maximum atomic E-state index is 4.81. The van der Waals surface area contributed by atoms with E-state index in [1.807, 2.05) is 12.2 Å². The van der Waals surface area contributed by atoms with Gasteiger partial charge in [-0.15, -0.1) is 0 Å². The first-order valence-corrected chi connectivity index (χ1v) is 18.1. The monoisotopic (exact) mass is 688 g/mol. The molecule has 5 aromatic carbocycles. The summed E-state index contributed by atoms with van der Waals surface area (Å²) < 4.78 is 0. The second-order valence-corrected chi connectivity index (χ2v) is 14.9. The van der Waals surface area contributed by atoms with Crippen LogP contribution >= 0.6 is 0 Å². The van der Waals surface area contributed by atoms with E-state index in [-0.39, 0.29) is 10.8 Å². The fourth-order valence-electron chi connectivity index (χ4n) is 8.08. The molecule has 6 nitrogen and oxygen atoms in total. The summed E-state index contributed by atoms with van der Waals surface area (Å²) in [5.41, 5.74) is 13.7. The molecule has 4 aliphatic rings. The SMILES string of the molecule is C=C/C=C\C1=C(C)C(C)(C)c2ccccc2N1c1ccc(C2=NC3=NC(c4ccc(N5c6ccccc6C(C)(C)c6ccccc65)cc4)=NC3=N2)cc1. The first kappa shape index (κ1) is 32.5. The number of fused-ring (bicyclic) bond motifs is 4. The molecule has 9 rings (SSSR count). The van der Waals surface area contributed by atoms with Gasteiger partial charge in [-0.2, -0.15) is 0 Å². The number of aliphatic imine (C=N–C) groups is 4. The summed E-state index contributed by atoms with van der Waals surface area (Å²) in [5.74, 6) is 2.34. The smallest absolute Gasteiger partial charge is 0.202 e. The van der Waals surface area contributed by atoms with Crippen LogP contribution in [0.15, 0.2) is 177 Å². The topological polar surface area (TPSA) is 55.9 Å². The van der Waals surface area contributed by atoms with Crippen LogP contribution in [0.1, 0.15) is 62.4 Å². The minimum Gasteiger partial charge on any atom is -0.310 e. The Balaban J connectivity index is 0.976. The molecule has 0 aromatic heterocycles. The Hall–Kier alpha value is -6.40. The van der Waals surface area contributed by atoms with Crippen molar-refractivity contribution in [3.05, 3.63) is 185 Å². The number of allylic oxidation sites excluding steroid dienone is 4. The standard InChI is InChI=1S/C47H40N6/c1-7-8-18-38-30(2)46(3,4)35-15-9-12-19-39(35)52(38)33-26-22-31(23-27-33)42-48-44-45(49-42)51-43(50-44)32-24-28-34(29-25-32)53-40-20-13-10-16-36(40)47(5,6)37-17-11-14-21-41(37)53/h7-29H,1H2,2-6H3/b18-8-. The van der Waals surface area contributed by atoms with E-state index >= 15 is 0 Å². The highest BCUT2D eigenvalue weighted by Crippen LogP contribution is 2.52. The van der Waals surface area contributed by atoms with Gasteiger partial charge in [-0.25, -0.2) is 20.0 Å². The van der Waals surface area contributed by atoms with Crippen LogP contribution in [0.5, 0.6) is 0 Å². The summed E-state index contributed by atoms with van der Waals surface area (Å²) in [6.07, 6.45) is 5.98. The first-order valence-electron chi connectivity index (χ1n) is 18.1. The van der Waals surface area contributed by atoms with E-state index < -0.39 is 0 Å². The number of amidine groups is 4. The molecule has 0 fully saturated rings. The van der Waals surface area contributed by atoms with E-state index in [9.17, 15) is 0 Å². The van der Waals surface area contributed by atoms with Crippen molar-refractivity contribution in [3.63, 3.8) is 0 Å². The fourth-order valence-corrected chi connectivity index (χ4v) is 8.08. The molecule has 0 saturated carbocycles. The molecule has 6 heteroatoms. The lowest BCUT2D eigenvalue weighted by Gasteiger charge is -2.42. The van der Waals surface area contributed by atoms with Gasteiger partial charge in [0.2, 0.25) is 11.7 Å². The van der Waals surface area contributed by atoms with Gasteiger partial charge in [0.25, 0.3) is 0 Å². The van der Waals surface area contributed by atoms with E-state index in [1.165, 1.54) is 39.3 Å². The molecule has 0 amide bonds. The molecule has 0 unspecified atom stereocenters. The molecular formula is C47H40N6. The molecule has 0 N–H and O–H groups in total. The Labute approximate surface area is 311 Å². The Kier molecular flexibility index (Phi) is 7.42. The number of rotatable bonds is 6. The molecule has 5 aromatic rings. The maximum absolute atomic E-state index is 4.81. The Morgan fingerprint density at radius 3 is 1.36 bits per heavy atom. The van der Waals surface area contributed by atoms with Crippen molar-refractivity contribution in [1.82, 2.24) is 0 Å². The quantitative estimate of drug-likeness (QED) is 0.167. The largest absolute Gasteiger partial charge is 0.310 e. The highest BCUT2D eigenvalue weighted by Gasteiger charge is 2.37. The van der Waals surface area contributed by atoms with Crippen LogP contribution < -0.4 is 9.80 Å². The van der Waals surface area contributed by atoms with Gasteiger partial charge in [-0.05, 0) is 102 Å². The van der Waals surface area contributed by atoms with Crippen LogP contribution in [0.4, 0.5) is 28.4 Å². The first-order chi connectivity index (χ1) is 25.7. The van der Waals surface area contributed by atoms with Crippen LogP contribution in [0.2, 0.25) is 0 Å². The zero-order valence-corrected chi connectivity index (χ0v) is 30.7. The van der Waals surface area contributed by atoms with Crippen molar-refractivity contribution in [3.8, 4) is 0 Å². The third-order valence-corrected chi connectivity index (χ3v) is 11.2. The summed E-state index contributed by atoms with van der Waals surface area (Å²) in [5, 5.41) is 0. The van der Waals surface area contributed by atoms with Crippen LogP contribution in [-0.2, 0) is 10.8 Å². The number of nitrogens with zero attached hydrogens (tertiary/aromatic N) is 6. The van der Waals surface area contributed by atoms with Crippen molar-refractivity contribution < 1.29 is 0 Å². The van der Waals surface area contributed by atoms with E-state index in [0.29, 0.717) is 23.3 Å². The van der Waals surface area contributed by atoms with Gasteiger partial charge < -0.3 is 9.80 Å². The third kappa shape index (κ3) is 5.08. The highest BCUT2D eigenvalue weighted by atomic mass is 15.2. The fraction of sp³-hybridized carbons (Fsp3) is 0.149. The molecule has 0 atom stereocenters. The zero-order valence-electron chi connectivity index (χ0n) is 30.7. The minimum atomic E-state index is -0.105. The van der Waals surface area contributed by atoms with E-state index in [2.05, 4.69) is 178 Å². The van der Waals surface area contributed by atoms with Crippen molar-refractivity contribution in [2.24, 2.45) is 20.0 Å². The van der Waals surface area contributed by atoms with E-state index in [4.69, 9.17) is 20.0 Å². The summed E-state index contributed by atoms with van der Waals surface area (Å²) in [7, 11) is 0. The molecule has 0 spiro atoms. The second kappa shape index (κ2) is 12.1. The van der Waals surface area contributed by atoms with Crippen molar-refractivity contribution >= 4 is 51.8 Å². The molecule has 0 radical (unpaired) electrons. The molecule has 4 heterocycles. The predicted molar refractivity (Wildman–Crippen MR) is 221 cm³/mol. The molecule has 258 valence electrons. The lowest BCUT2D eigenvalue weighted by molar-refractivity contribution is 0.605. The predicted octanol–water partition coefficient (Wildman–Crippen LogP) is 11.3. The highest BCUT2D eigenvalue weighted by molar-refractivity contribution is 6.53. The van der Waals surface area contributed by atoms with E-state index in [1.54, 1.807) is 0 Å². The van der Waals surface area contributed by atoms with Gasteiger partial charge in [0, 0.05) is 39.0 Å². The second-order valence-electron chi connectivity index (χ2n) is 14.9.